The number of carbonyl (C=O) groups is 3. The zero-order valence-electron chi connectivity index (χ0n) is 23.0. The molecule has 11 heteroatoms. The SMILES string of the molecule is CC[C@H]1c2c(c(OC(C)=O)c(C)c3c2OCO3)C=C2[C@H]3C4=C(C(=O)C(C)=C(OC)C4=O)[C@H](O)[C@@H]([C@H](C#N)N21)N3C. The fraction of sp³-hybridized carbons (Fsp3) is 0.448. The number of carbonyl (C=O) groups excluding carboxylic acids is 3. The van der Waals surface area contributed by atoms with Crippen LogP contribution in [0.1, 0.15) is 49.9 Å². The topological polar surface area (TPSA) is 139 Å². The van der Waals surface area contributed by atoms with Crippen molar-refractivity contribution in [2.24, 2.45) is 0 Å². The monoisotopic (exact) mass is 547 g/mol. The van der Waals surface area contributed by atoms with E-state index >= 15 is 0 Å². The molecule has 1 aliphatic carbocycles. The number of ketones is 2. The Morgan fingerprint density at radius 2 is 1.90 bits per heavy atom. The summed E-state index contributed by atoms with van der Waals surface area (Å²) in [6.45, 7) is 6.54. The summed E-state index contributed by atoms with van der Waals surface area (Å²) in [5.41, 5.74) is 2.68. The number of hydrogen-bond donors (Lipinski definition) is 1. The van der Waals surface area contributed by atoms with Crippen molar-refractivity contribution in [3.8, 4) is 23.3 Å². The highest BCUT2D eigenvalue weighted by molar-refractivity contribution is 6.25. The summed E-state index contributed by atoms with van der Waals surface area (Å²) in [5, 5.41) is 22.1. The van der Waals surface area contributed by atoms with Crippen molar-refractivity contribution >= 4 is 23.6 Å². The summed E-state index contributed by atoms with van der Waals surface area (Å²) in [7, 11) is 3.06. The van der Waals surface area contributed by atoms with Crippen LogP contribution < -0.4 is 14.2 Å². The summed E-state index contributed by atoms with van der Waals surface area (Å²) in [6.07, 6.45) is 0.932. The summed E-state index contributed by atoms with van der Waals surface area (Å²) >= 11 is 0. The third-order valence-corrected chi connectivity index (χ3v) is 8.64. The molecule has 0 amide bonds. The van der Waals surface area contributed by atoms with Gasteiger partial charge in [0.1, 0.15) is 17.9 Å². The second kappa shape index (κ2) is 8.94. The van der Waals surface area contributed by atoms with E-state index in [1.165, 1.54) is 21.0 Å². The Kier molecular flexibility index (Phi) is 5.83. The number of allylic oxidation sites excluding steroid dienone is 2. The van der Waals surface area contributed by atoms with Crippen molar-refractivity contribution in [2.75, 3.05) is 21.0 Å². The van der Waals surface area contributed by atoms with Crippen LogP contribution in [0.2, 0.25) is 0 Å². The van der Waals surface area contributed by atoms with Gasteiger partial charge in [0.25, 0.3) is 0 Å². The fourth-order valence-corrected chi connectivity index (χ4v) is 7.05. The molecule has 1 saturated heterocycles. The molecule has 0 radical (unpaired) electrons. The second-order valence-corrected chi connectivity index (χ2v) is 10.6. The Hall–Kier alpha value is -4.14. The van der Waals surface area contributed by atoms with Crippen LogP contribution in [0, 0.1) is 18.3 Å². The molecule has 0 aromatic heterocycles. The van der Waals surface area contributed by atoms with Gasteiger partial charge in [-0.3, -0.25) is 19.3 Å². The van der Waals surface area contributed by atoms with Crippen molar-refractivity contribution in [3.63, 3.8) is 0 Å². The first-order chi connectivity index (χ1) is 19.1. The quantitative estimate of drug-likeness (QED) is 0.338. The maximum absolute atomic E-state index is 13.8. The largest absolute Gasteiger partial charge is 0.492 e. The zero-order valence-corrected chi connectivity index (χ0v) is 23.0. The highest BCUT2D eigenvalue weighted by Gasteiger charge is 2.59. The molecule has 0 spiro atoms. The van der Waals surface area contributed by atoms with Crippen LogP contribution in [0.4, 0.5) is 0 Å². The molecular weight excluding hydrogens is 518 g/mol. The molecule has 1 fully saturated rings. The molecule has 11 nitrogen and oxygen atoms in total. The minimum absolute atomic E-state index is 0.00174. The fourth-order valence-electron chi connectivity index (χ4n) is 7.05. The molecular formula is C29H29N3O8. The molecule has 5 atom stereocenters. The van der Waals surface area contributed by atoms with Crippen LogP contribution in [0.15, 0.2) is 28.2 Å². The number of esters is 1. The Bertz CT molecular complexity index is 1550. The second-order valence-electron chi connectivity index (χ2n) is 10.6. The summed E-state index contributed by atoms with van der Waals surface area (Å²) in [4.78, 5) is 43.2. The molecule has 6 rings (SSSR count). The predicted octanol–water partition coefficient (Wildman–Crippen LogP) is 2.07. The third kappa shape index (κ3) is 3.14. The lowest BCUT2D eigenvalue weighted by atomic mass is 9.70. The van der Waals surface area contributed by atoms with Crippen LogP contribution in [-0.2, 0) is 19.1 Å². The zero-order chi connectivity index (χ0) is 28.8. The van der Waals surface area contributed by atoms with Crippen LogP contribution in [0.25, 0.3) is 6.08 Å². The number of hydrogen-bond acceptors (Lipinski definition) is 11. The van der Waals surface area contributed by atoms with E-state index in [1.807, 2.05) is 11.8 Å². The van der Waals surface area contributed by atoms with Crippen LogP contribution in [0.5, 0.6) is 17.2 Å². The Morgan fingerprint density at radius 3 is 2.52 bits per heavy atom. The normalized spacial score (nSPS) is 28.5. The molecule has 5 aliphatic rings. The highest BCUT2D eigenvalue weighted by atomic mass is 16.7. The predicted molar refractivity (Wildman–Crippen MR) is 139 cm³/mol. The lowest BCUT2D eigenvalue weighted by molar-refractivity contribution is -0.132. The van der Waals surface area contributed by atoms with Gasteiger partial charge in [-0.25, -0.2) is 0 Å². The number of fused-ring (bicyclic) bond motifs is 8. The minimum Gasteiger partial charge on any atom is -0.492 e. The van der Waals surface area contributed by atoms with E-state index in [1.54, 1.807) is 24.9 Å². The molecule has 1 N–H and O–H groups in total. The Balaban J connectivity index is 1.68. The van der Waals surface area contributed by atoms with Crippen LogP contribution in [-0.4, -0.2) is 77.6 Å². The van der Waals surface area contributed by atoms with Gasteiger partial charge in [-0.1, -0.05) is 6.92 Å². The number of ether oxygens (including phenoxy) is 4. The molecule has 4 aliphatic heterocycles. The van der Waals surface area contributed by atoms with Gasteiger partial charge >= 0.3 is 5.97 Å². The molecule has 1 aromatic carbocycles. The van der Waals surface area contributed by atoms with Gasteiger partial charge in [-0.15, -0.1) is 0 Å². The summed E-state index contributed by atoms with van der Waals surface area (Å²) < 4.78 is 22.8. The standard InChI is InChI=1S/C29H29N3O8/c1-7-15-18-14(26(40-13(4)33)12(3)28-29(18)39-10-38-28)8-16-21-19-20(23(34)11(2)27(37-6)25(19)36)24(35)22(31(21)5)17(9-30)32(15)16/h8,15,17,21-22,24,35H,7,10H2,1-6H3/t15-,17-,21-,22+,24-/m0/s1. The molecule has 0 unspecified atom stereocenters. The van der Waals surface area contributed by atoms with Crippen molar-refractivity contribution < 1.29 is 38.4 Å². The molecule has 1 aromatic rings. The van der Waals surface area contributed by atoms with Gasteiger partial charge < -0.3 is 29.0 Å². The number of aliphatic hydroxyl groups excluding tert-OH is 1. The van der Waals surface area contributed by atoms with E-state index < -0.39 is 47.8 Å². The number of methoxy groups -OCH3 is 1. The van der Waals surface area contributed by atoms with E-state index in [-0.39, 0.29) is 29.3 Å². The molecule has 40 heavy (non-hydrogen) atoms. The van der Waals surface area contributed by atoms with Crippen molar-refractivity contribution in [1.82, 2.24) is 9.80 Å². The molecule has 2 bridgehead atoms. The first-order valence-corrected chi connectivity index (χ1v) is 13.1. The van der Waals surface area contributed by atoms with Gasteiger partial charge in [0, 0.05) is 46.0 Å². The average molecular weight is 548 g/mol. The van der Waals surface area contributed by atoms with Gasteiger partial charge in [-0.05, 0) is 33.4 Å². The van der Waals surface area contributed by atoms with Crippen LogP contribution in [0.3, 0.4) is 0 Å². The third-order valence-electron chi connectivity index (χ3n) is 8.64. The lowest BCUT2D eigenvalue weighted by Gasteiger charge is -2.58. The number of piperazine rings is 1. The molecule has 4 heterocycles. The maximum Gasteiger partial charge on any atom is 0.308 e. The maximum atomic E-state index is 13.8. The number of nitrogens with zero attached hydrogens (tertiary/aromatic N) is 3. The average Bonchev–Trinajstić information content (AvgIpc) is 3.41. The smallest absolute Gasteiger partial charge is 0.308 e. The van der Waals surface area contributed by atoms with Crippen molar-refractivity contribution in [3.05, 3.63) is 44.9 Å². The van der Waals surface area contributed by atoms with E-state index in [9.17, 15) is 24.8 Å². The Labute approximate surface area is 230 Å². The summed E-state index contributed by atoms with van der Waals surface area (Å²) in [6, 6.07) is -0.559. The lowest BCUT2D eigenvalue weighted by Crippen LogP contribution is -2.69. The first kappa shape index (κ1) is 26.1. The van der Waals surface area contributed by atoms with E-state index in [0.29, 0.717) is 46.1 Å². The van der Waals surface area contributed by atoms with E-state index in [4.69, 9.17) is 18.9 Å². The molecule has 0 saturated carbocycles. The highest BCUT2D eigenvalue weighted by Crippen LogP contribution is 2.57. The van der Waals surface area contributed by atoms with Crippen LogP contribution >= 0.6 is 0 Å². The summed E-state index contributed by atoms with van der Waals surface area (Å²) in [5.74, 6) is -0.261. The number of likely N-dealkylation sites (N-methyl/N-ethyl adjacent to an activating group) is 1. The number of rotatable bonds is 3. The van der Waals surface area contributed by atoms with Gasteiger partial charge in [0.05, 0.1) is 31.3 Å². The number of benzene rings is 1. The minimum atomic E-state index is -1.38. The van der Waals surface area contributed by atoms with Gasteiger partial charge in [0.2, 0.25) is 12.6 Å². The van der Waals surface area contributed by atoms with Crippen molar-refractivity contribution in [2.45, 2.75) is 64.4 Å². The Morgan fingerprint density at radius 1 is 1.20 bits per heavy atom. The number of aliphatic hydroxyl groups is 1. The van der Waals surface area contributed by atoms with Crippen molar-refractivity contribution in [1.29, 1.82) is 5.26 Å². The van der Waals surface area contributed by atoms with E-state index in [0.717, 1.165) is 0 Å². The van der Waals surface area contributed by atoms with Gasteiger partial charge in [0.15, 0.2) is 23.0 Å². The number of nitriles is 1. The van der Waals surface area contributed by atoms with Gasteiger partial charge in [-0.2, -0.15) is 5.26 Å². The molecule has 208 valence electrons. The van der Waals surface area contributed by atoms with E-state index in [2.05, 4.69) is 6.07 Å². The number of Topliss-reactive ketones (excluding diaryl/α,β-unsaturated/α-hetero) is 2. The first-order valence-electron chi connectivity index (χ1n) is 13.1.